The Labute approximate surface area is 125 Å². The summed E-state index contributed by atoms with van der Waals surface area (Å²) >= 11 is 0. The van der Waals surface area contributed by atoms with Crippen LogP contribution in [0, 0.1) is 0 Å². The molecule has 0 aliphatic carbocycles. The number of hydrogen-bond acceptors (Lipinski definition) is 3. The van der Waals surface area contributed by atoms with Gasteiger partial charge in [0.05, 0.1) is 27.6 Å². The molecular formula is C13H11F3N4OS. The number of H-pyrrole nitrogens is 1. The zero-order chi connectivity index (χ0) is 15.7. The van der Waals surface area contributed by atoms with E-state index in [2.05, 4.69) is 15.0 Å². The summed E-state index contributed by atoms with van der Waals surface area (Å²) in [5.41, 5.74) is 1.38. The Kier molecular flexibility index (Phi) is 3.73. The van der Waals surface area contributed by atoms with Crippen LogP contribution >= 0.6 is 0 Å². The molecular weight excluding hydrogens is 317 g/mol. The van der Waals surface area contributed by atoms with Gasteiger partial charge in [0.15, 0.2) is 5.16 Å². The summed E-state index contributed by atoms with van der Waals surface area (Å²) in [7, 11) is -1.60. The molecule has 0 bridgehead atoms. The number of hydrogen-bond donors (Lipinski definition) is 1. The first-order chi connectivity index (χ1) is 10.4. The van der Waals surface area contributed by atoms with Gasteiger partial charge in [-0.3, -0.25) is 4.21 Å². The van der Waals surface area contributed by atoms with E-state index < -0.39 is 23.5 Å². The fourth-order valence-electron chi connectivity index (χ4n) is 2.04. The van der Waals surface area contributed by atoms with Crippen LogP contribution in [0.5, 0.6) is 0 Å². The Morgan fingerprint density at radius 2 is 2.05 bits per heavy atom. The molecule has 9 heteroatoms. The van der Waals surface area contributed by atoms with Crippen molar-refractivity contribution < 1.29 is 17.4 Å². The van der Waals surface area contributed by atoms with E-state index >= 15 is 0 Å². The van der Waals surface area contributed by atoms with Crippen molar-refractivity contribution in [3.63, 3.8) is 0 Å². The summed E-state index contributed by atoms with van der Waals surface area (Å²) in [6, 6.07) is 7.15. The third kappa shape index (κ3) is 3.19. The number of fused-ring (bicyclic) bond motifs is 1. The van der Waals surface area contributed by atoms with Gasteiger partial charge in [0.1, 0.15) is 12.4 Å². The molecule has 0 fully saturated rings. The van der Waals surface area contributed by atoms with Crippen molar-refractivity contribution in [2.45, 2.75) is 23.6 Å². The summed E-state index contributed by atoms with van der Waals surface area (Å²) in [5.74, 6) is -0.0285. The third-order valence-corrected chi connectivity index (χ3v) is 4.14. The minimum atomic E-state index is -4.35. The summed E-state index contributed by atoms with van der Waals surface area (Å²) in [6.45, 7) is -1.15. The molecule has 1 atom stereocenters. The van der Waals surface area contributed by atoms with Crippen LogP contribution in [0.4, 0.5) is 13.2 Å². The quantitative estimate of drug-likeness (QED) is 0.801. The predicted octanol–water partition coefficient (Wildman–Crippen LogP) is 2.63. The van der Waals surface area contributed by atoms with Crippen molar-refractivity contribution in [2.75, 3.05) is 0 Å². The smallest absolute Gasteiger partial charge is 0.331 e. The second-order valence-corrected chi connectivity index (χ2v) is 6.00. The van der Waals surface area contributed by atoms with Gasteiger partial charge in [-0.2, -0.15) is 13.2 Å². The molecule has 0 unspecified atom stereocenters. The Bertz CT molecular complexity index is 791. The zero-order valence-corrected chi connectivity index (χ0v) is 12.0. The lowest BCUT2D eigenvalue weighted by Crippen LogP contribution is -2.19. The standard InChI is InChI=1S/C13H11F3N4OS/c14-13(15,16)8-20-6-5-17-11(20)7-22(21)12-18-9-3-1-2-4-10(9)19-12/h1-6H,7-8H2,(H,18,19)/t22-/m1/s1. The summed E-state index contributed by atoms with van der Waals surface area (Å²) in [5, 5.41) is 0.225. The molecule has 2 aromatic heterocycles. The molecule has 3 aromatic rings. The first-order valence-electron chi connectivity index (χ1n) is 6.32. The van der Waals surface area contributed by atoms with Crippen molar-refractivity contribution in [3.05, 3.63) is 42.5 Å². The highest BCUT2D eigenvalue weighted by Crippen LogP contribution is 2.20. The van der Waals surface area contributed by atoms with E-state index in [-0.39, 0.29) is 16.7 Å². The molecule has 0 aliphatic rings. The van der Waals surface area contributed by atoms with Crippen LogP contribution in [-0.2, 0) is 23.1 Å². The van der Waals surface area contributed by atoms with Crippen LogP contribution in [0.1, 0.15) is 5.82 Å². The Morgan fingerprint density at radius 3 is 2.77 bits per heavy atom. The van der Waals surface area contributed by atoms with Crippen LogP contribution in [0.3, 0.4) is 0 Å². The van der Waals surface area contributed by atoms with E-state index in [9.17, 15) is 17.4 Å². The number of imidazole rings is 2. The number of para-hydroxylation sites is 2. The van der Waals surface area contributed by atoms with E-state index in [1.165, 1.54) is 12.4 Å². The van der Waals surface area contributed by atoms with Crippen molar-refractivity contribution in [2.24, 2.45) is 0 Å². The average Bonchev–Trinajstić information content (AvgIpc) is 3.04. The number of halogens is 3. The van der Waals surface area contributed by atoms with E-state index in [1.807, 2.05) is 6.07 Å². The highest BCUT2D eigenvalue weighted by atomic mass is 32.2. The Balaban J connectivity index is 1.81. The minimum absolute atomic E-state index is 0.108. The molecule has 0 amide bonds. The highest BCUT2D eigenvalue weighted by molar-refractivity contribution is 7.84. The summed E-state index contributed by atoms with van der Waals surface area (Å²) in [6.07, 6.45) is -1.87. The van der Waals surface area contributed by atoms with Crippen LogP contribution in [-0.4, -0.2) is 29.9 Å². The van der Waals surface area contributed by atoms with Gasteiger partial charge in [0.25, 0.3) is 0 Å². The molecule has 2 heterocycles. The highest BCUT2D eigenvalue weighted by Gasteiger charge is 2.29. The van der Waals surface area contributed by atoms with Gasteiger partial charge in [-0.25, -0.2) is 9.97 Å². The topological polar surface area (TPSA) is 63.6 Å². The van der Waals surface area contributed by atoms with Gasteiger partial charge in [0.2, 0.25) is 0 Å². The Morgan fingerprint density at radius 1 is 1.27 bits per heavy atom. The van der Waals surface area contributed by atoms with E-state index in [0.29, 0.717) is 5.52 Å². The van der Waals surface area contributed by atoms with Gasteiger partial charge in [-0.1, -0.05) is 12.1 Å². The average molecular weight is 328 g/mol. The summed E-state index contributed by atoms with van der Waals surface area (Å²) in [4.78, 5) is 10.9. The van der Waals surface area contributed by atoms with E-state index in [0.717, 1.165) is 10.1 Å². The van der Waals surface area contributed by atoms with E-state index in [1.54, 1.807) is 18.2 Å². The van der Waals surface area contributed by atoms with Gasteiger partial charge < -0.3 is 9.55 Å². The largest absolute Gasteiger partial charge is 0.406 e. The molecule has 3 rings (SSSR count). The van der Waals surface area contributed by atoms with Crippen LogP contribution < -0.4 is 0 Å². The molecule has 22 heavy (non-hydrogen) atoms. The van der Waals surface area contributed by atoms with Crippen molar-refractivity contribution in [1.82, 2.24) is 19.5 Å². The number of aromatic nitrogens is 4. The lowest BCUT2D eigenvalue weighted by molar-refractivity contribution is -0.141. The van der Waals surface area contributed by atoms with Gasteiger partial charge in [-0.15, -0.1) is 0 Å². The minimum Gasteiger partial charge on any atom is -0.331 e. The molecule has 1 N–H and O–H groups in total. The maximum atomic E-state index is 12.5. The zero-order valence-electron chi connectivity index (χ0n) is 11.2. The first-order valence-corrected chi connectivity index (χ1v) is 7.64. The van der Waals surface area contributed by atoms with Gasteiger partial charge >= 0.3 is 6.18 Å². The lowest BCUT2D eigenvalue weighted by Gasteiger charge is -2.09. The monoisotopic (exact) mass is 328 g/mol. The maximum absolute atomic E-state index is 12.5. The number of benzene rings is 1. The fourth-order valence-corrected chi connectivity index (χ4v) is 3.08. The van der Waals surface area contributed by atoms with Crippen LogP contribution in [0.2, 0.25) is 0 Å². The SMILES string of the molecule is O=[S@](Cc1nccn1CC(F)(F)F)c1nc2ccccc2[nH]1. The Hall–Kier alpha value is -2.16. The van der Waals surface area contributed by atoms with Gasteiger partial charge in [-0.05, 0) is 12.1 Å². The molecule has 5 nitrogen and oxygen atoms in total. The van der Waals surface area contributed by atoms with Crippen LogP contribution in [0.15, 0.2) is 41.8 Å². The molecule has 1 aromatic carbocycles. The number of nitrogens with zero attached hydrogens (tertiary/aromatic N) is 3. The number of aromatic amines is 1. The number of rotatable bonds is 4. The summed E-state index contributed by atoms with van der Waals surface area (Å²) < 4.78 is 50.6. The lowest BCUT2D eigenvalue weighted by atomic mass is 10.3. The fraction of sp³-hybridized carbons (Fsp3) is 0.231. The molecule has 0 saturated carbocycles. The predicted molar refractivity (Wildman–Crippen MR) is 74.5 cm³/mol. The first kappa shape index (κ1) is 14.8. The molecule has 0 radical (unpaired) electrons. The van der Waals surface area contributed by atoms with Crippen LogP contribution in [0.25, 0.3) is 11.0 Å². The van der Waals surface area contributed by atoms with Crippen molar-refractivity contribution in [1.29, 1.82) is 0 Å². The van der Waals surface area contributed by atoms with Crippen molar-refractivity contribution >= 4 is 21.8 Å². The van der Waals surface area contributed by atoms with Crippen molar-refractivity contribution in [3.8, 4) is 0 Å². The molecule has 116 valence electrons. The second kappa shape index (κ2) is 5.56. The number of nitrogens with one attached hydrogen (secondary N) is 1. The molecule has 0 aliphatic heterocycles. The third-order valence-electron chi connectivity index (χ3n) is 2.99. The number of alkyl halides is 3. The molecule has 0 saturated heterocycles. The van der Waals surface area contributed by atoms with Gasteiger partial charge in [0, 0.05) is 12.4 Å². The normalized spacial score (nSPS) is 13.6. The second-order valence-electron chi connectivity index (χ2n) is 4.64. The van der Waals surface area contributed by atoms with E-state index in [4.69, 9.17) is 0 Å². The maximum Gasteiger partial charge on any atom is 0.406 e. The molecule has 0 spiro atoms.